The Kier molecular flexibility index (Phi) is 6.47. The van der Waals surface area contributed by atoms with Gasteiger partial charge in [0.25, 0.3) is 5.56 Å². The summed E-state index contributed by atoms with van der Waals surface area (Å²) >= 11 is 0. The lowest BCUT2D eigenvalue weighted by atomic mass is 9.94. The third-order valence-corrected chi connectivity index (χ3v) is 8.61. The number of aromatic nitrogens is 2. The molecule has 1 saturated carbocycles. The monoisotopic (exact) mass is 520 g/mol. The number of piperazine rings is 1. The minimum atomic E-state index is -0.174. The van der Waals surface area contributed by atoms with Crippen LogP contribution in [0.3, 0.4) is 0 Å². The third-order valence-electron chi connectivity index (χ3n) is 8.61. The lowest BCUT2D eigenvalue weighted by molar-refractivity contribution is 0.149. The fraction of sp³-hybridized carbons (Fsp3) is 0.344. The third kappa shape index (κ3) is 5.06. The van der Waals surface area contributed by atoms with Gasteiger partial charge in [-0.25, -0.2) is 4.98 Å². The smallest absolute Gasteiger partial charge is 0.258 e. The number of hydrogen-bond acceptors (Lipinski definition) is 6. The molecule has 3 aliphatic rings. The van der Waals surface area contributed by atoms with E-state index in [1.54, 1.807) is 10.5 Å². The molecule has 1 saturated heterocycles. The van der Waals surface area contributed by atoms with E-state index in [2.05, 4.69) is 76.9 Å². The molecule has 0 radical (unpaired) electrons. The molecule has 2 aliphatic heterocycles. The van der Waals surface area contributed by atoms with Crippen molar-refractivity contribution in [1.82, 2.24) is 19.6 Å². The first kappa shape index (κ1) is 25.3. The van der Waals surface area contributed by atoms with E-state index >= 15 is 0 Å². The van der Waals surface area contributed by atoms with Gasteiger partial charge in [-0.1, -0.05) is 49.4 Å². The van der Waals surface area contributed by atoms with Gasteiger partial charge in [0.2, 0.25) is 0 Å². The van der Waals surface area contributed by atoms with Crippen molar-refractivity contribution >= 4 is 17.0 Å². The first-order chi connectivity index (χ1) is 18.8. The van der Waals surface area contributed by atoms with E-state index in [9.17, 15) is 4.79 Å². The molecule has 4 heterocycles. The summed E-state index contributed by atoms with van der Waals surface area (Å²) < 4.78 is 1.61. The molecule has 0 bridgehead atoms. The summed E-state index contributed by atoms with van der Waals surface area (Å²) in [6.07, 6.45) is 8.88. The average Bonchev–Trinajstić information content (AvgIpc) is 3.73. The molecule has 7 nitrogen and oxygen atoms in total. The molecule has 39 heavy (non-hydrogen) atoms. The second-order valence-corrected chi connectivity index (χ2v) is 11.3. The Balaban J connectivity index is 1.21. The topological polar surface area (TPSA) is 76.7 Å². The van der Waals surface area contributed by atoms with Crippen LogP contribution in [0.2, 0.25) is 0 Å². The highest BCUT2D eigenvalue weighted by Gasteiger charge is 2.51. The first-order valence-electron chi connectivity index (χ1n) is 13.8. The van der Waals surface area contributed by atoms with Gasteiger partial charge in [0, 0.05) is 55.9 Å². The van der Waals surface area contributed by atoms with Gasteiger partial charge in [0.15, 0.2) is 0 Å². The molecule has 3 aromatic rings. The van der Waals surface area contributed by atoms with Crippen LogP contribution >= 0.6 is 0 Å². The zero-order valence-corrected chi connectivity index (χ0v) is 22.8. The first-order valence-corrected chi connectivity index (χ1v) is 13.8. The highest BCUT2D eigenvalue weighted by atomic mass is 16.1. The number of allylic oxidation sites excluding steroid dienone is 3. The number of hydrogen-bond donors (Lipinski definition) is 2. The van der Waals surface area contributed by atoms with Crippen molar-refractivity contribution in [3.63, 3.8) is 0 Å². The minimum Gasteiger partial charge on any atom is -0.367 e. The predicted octanol–water partition coefficient (Wildman–Crippen LogP) is 4.89. The Labute approximate surface area is 229 Å². The van der Waals surface area contributed by atoms with Crippen molar-refractivity contribution in [3.8, 4) is 0 Å². The average molecular weight is 521 g/mol. The fourth-order valence-electron chi connectivity index (χ4n) is 5.76. The molecule has 200 valence electrons. The van der Waals surface area contributed by atoms with Crippen molar-refractivity contribution in [3.05, 3.63) is 112 Å². The van der Waals surface area contributed by atoms with Crippen LogP contribution in [0, 0.1) is 11.3 Å². The maximum Gasteiger partial charge on any atom is 0.258 e. The summed E-state index contributed by atoms with van der Waals surface area (Å²) in [7, 11) is 0. The van der Waals surface area contributed by atoms with Gasteiger partial charge in [-0.2, -0.15) is 0 Å². The summed E-state index contributed by atoms with van der Waals surface area (Å²) in [5.74, 6) is 0.347. The van der Waals surface area contributed by atoms with Gasteiger partial charge in [-0.3, -0.25) is 19.5 Å². The molecule has 1 atom stereocenters. The van der Waals surface area contributed by atoms with Crippen LogP contribution in [0.25, 0.3) is 5.65 Å². The normalized spacial score (nSPS) is 22.1. The Morgan fingerprint density at radius 3 is 2.77 bits per heavy atom. The van der Waals surface area contributed by atoms with Crippen molar-refractivity contribution in [1.29, 1.82) is 5.41 Å². The Hall–Kier alpha value is -3.97. The number of nitrogens with one attached hydrogen (secondary N) is 2. The number of nitrogens with zero attached hydrogens (tertiary/aromatic N) is 4. The van der Waals surface area contributed by atoms with E-state index in [0.29, 0.717) is 17.3 Å². The maximum atomic E-state index is 13.2. The van der Waals surface area contributed by atoms with E-state index in [1.165, 1.54) is 30.0 Å². The van der Waals surface area contributed by atoms with Crippen LogP contribution in [0.15, 0.2) is 95.2 Å². The Morgan fingerprint density at radius 1 is 1.21 bits per heavy atom. The number of anilines is 1. The highest BCUT2D eigenvalue weighted by molar-refractivity contribution is 6.06. The molecule has 2 fully saturated rings. The summed E-state index contributed by atoms with van der Waals surface area (Å²) in [4.78, 5) is 22.9. The molecular formula is C32H36N6O. The molecule has 1 aromatic carbocycles. The number of fused-ring (bicyclic) bond motifs is 1. The number of pyridine rings is 1. The molecule has 7 heteroatoms. The molecule has 6 rings (SSSR count). The standard InChI is InChI=1S/C32H36N6O/c1-22-15-26(24(3)34-18-23(22)2)16-28(33)29-17-31(39)38-20-27(9-10-30(38)35-29)36-13-14-37(32(21-36)11-12-32)19-25-7-5-4-6-8-25/h4-10,16-18,20,22,33-34H,3,11-15,19,21H2,1-2H3/b26-16-,33-28?. The highest BCUT2D eigenvalue weighted by Crippen LogP contribution is 2.45. The van der Waals surface area contributed by atoms with Crippen molar-refractivity contribution in [2.24, 2.45) is 5.92 Å². The maximum absolute atomic E-state index is 13.2. The summed E-state index contributed by atoms with van der Waals surface area (Å²) in [6, 6.07) is 16.1. The van der Waals surface area contributed by atoms with Crippen LogP contribution in [0.4, 0.5) is 5.69 Å². The second kappa shape index (κ2) is 9.97. The molecule has 1 aliphatic carbocycles. The number of rotatable bonds is 5. The predicted molar refractivity (Wildman–Crippen MR) is 157 cm³/mol. The van der Waals surface area contributed by atoms with Gasteiger partial charge in [-0.15, -0.1) is 0 Å². The Bertz CT molecular complexity index is 1560. The fourth-order valence-corrected chi connectivity index (χ4v) is 5.76. The van der Waals surface area contributed by atoms with Gasteiger partial charge in [0.05, 0.1) is 17.1 Å². The summed E-state index contributed by atoms with van der Waals surface area (Å²) in [6.45, 7) is 12.2. The van der Waals surface area contributed by atoms with E-state index in [-0.39, 0.29) is 16.8 Å². The molecule has 1 spiro atoms. The van der Waals surface area contributed by atoms with Crippen LogP contribution in [-0.4, -0.2) is 45.2 Å². The van der Waals surface area contributed by atoms with Crippen LogP contribution in [0.5, 0.6) is 0 Å². The largest absolute Gasteiger partial charge is 0.367 e. The molecule has 1 unspecified atom stereocenters. The van der Waals surface area contributed by atoms with E-state index < -0.39 is 0 Å². The van der Waals surface area contributed by atoms with Gasteiger partial charge < -0.3 is 10.2 Å². The Morgan fingerprint density at radius 2 is 2.00 bits per heavy atom. The molecule has 0 amide bonds. The molecule has 2 aromatic heterocycles. The lowest BCUT2D eigenvalue weighted by Gasteiger charge is -2.43. The summed E-state index contributed by atoms with van der Waals surface area (Å²) in [5, 5.41) is 11.9. The van der Waals surface area contributed by atoms with E-state index in [4.69, 9.17) is 5.41 Å². The molecule has 2 N–H and O–H groups in total. The minimum absolute atomic E-state index is 0.174. The van der Waals surface area contributed by atoms with Crippen molar-refractivity contribution in [2.45, 2.75) is 45.2 Å². The van der Waals surface area contributed by atoms with E-state index in [1.807, 2.05) is 18.5 Å². The van der Waals surface area contributed by atoms with Crippen molar-refractivity contribution in [2.75, 3.05) is 24.5 Å². The van der Waals surface area contributed by atoms with Gasteiger partial charge in [0.1, 0.15) is 5.65 Å². The lowest BCUT2D eigenvalue weighted by Crippen LogP contribution is -2.54. The van der Waals surface area contributed by atoms with Crippen LogP contribution in [0.1, 0.15) is 44.4 Å². The second-order valence-electron chi connectivity index (χ2n) is 11.3. The van der Waals surface area contributed by atoms with Gasteiger partial charge >= 0.3 is 0 Å². The van der Waals surface area contributed by atoms with Crippen LogP contribution in [-0.2, 0) is 6.54 Å². The number of benzene rings is 1. The van der Waals surface area contributed by atoms with Crippen LogP contribution < -0.4 is 15.8 Å². The summed E-state index contributed by atoms with van der Waals surface area (Å²) in [5.41, 5.74) is 6.58. The van der Waals surface area contributed by atoms with Gasteiger partial charge in [-0.05, 0) is 61.4 Å². The van der Waals surface area contributed by atoms with E-state index in [0.717, 1.165) is 49.6 Å². The SMILES string of the molecule is C=C1NC=C(C)C(C)C/C1=C/C(=N)c1cc(=O)n2cc(N3CCN(Cc4ccccc4)C4(CC4)C3)ccc2n1. The van der Waals surface area contributed by atoms with Crippen molar-refractivity contribution < 1.29 is 0 Å². The molecular weight excluding hydrogens is 484 g/mol. The zero-order valence-electron chi connectivity index (χ0n) is 22.8. The zero-order chi connectivity index (χ0) is 27.1. The quantitative estimate of drug-likeness (QED) is 0.469.